The number of aromatic nitrogens is 1. The van der Waals surface area contributed by atoms with Crippen molar-refractivity contribution in [3.8, 4) is 0 Å². The number of aromatic amines is 1. The van der Waals surface area contributed by atoms with E-state index >= 15 is 0 Å². The molecule has 0 unspecified atom stereocenters. The molecule has 2 rings (SSSR count). The lowest BCUT2D eigenvalue weighted by Gasteiger charge is -2.31. The first-order chi connectivity index (χ1) is 9.04. The Bertz CT molecular complexity index is 473. The zero-order valence-electron chi connectivity index (χ0n) is 11.5. The van der Waals surface area contributed by atoms with Crippen LogP contribution in [0, 0.1) is 13.8 Å². The van der Waals surface area contributed by atoms with Crippen LogP contribution in [-0.4, -0.2) is 43.2 Å². The Morgan fingerprint density at radius 3 is 2.79 bits per heavy atom. The van der Waals surface area contributed by atoms with Gasteiger partial charge in [0.1, 0.15) is 5.69 Å². The van der Waals surface area contributed by atoms with Crippen molar-refractivity contribution in [1.82, 2.24) is 15.6 Å². The van der Waals surface area contributed by atoms with E-state index in [0.717, 1.165) is 30.8 Å². The van der Waals surface area contributed by atoms with E-state index in [1.807, 2.05) is 13.8 Å². The van der Waals surface area contributed by atoms with Gasteiger partial charge < -0.3 is 20.4 Å². The molecule has 0 radical (unpaired) electrons. The van der Waals surface area contributed by atoms with Crippen molar-refractivity contribution in [2.24, 2.45) is 0 Å². The van der Waals surface area contributed by atoms with Gasteiger partial charge in [-0.1, -0.05) is 11.6 Å². The third kappa shape index (κ3) is 2.94. The Hall–Kier alpha value is -1.04. The van der Waals surface area contributed by atoms with E-state index < -0.39 is 0 Å². The minimum Gasteiger partial charge on any atom is -0.378 e. The third-order valence-electron chi connectivity index (χ3n) is 3.62. The number of hydrogen-bond donors (Lipinski definition) is 3. The molecule has 1 fully saturated rings. The maximum Gasteiger partial charge on any atom is 0.268 e. The second-order valence-corrected chi connectivity index (χ2v) is 5.29. The number of piperidine rings is 1. The Balaban J connectivity index is 2.09. The van der Waals surface area contributed by atoms with Gasteiger partial charge in [0.2, 0.25) is 0 Å². The Labute approximate surface area is 118 Å². The van der Waals surface area contributed by atoms with Crippen molar-refractivity contribution in [2.45, 2.75) is 32.4 Å². The summed E-state index contributed by atoms with van der Waals surface area (Å²) in [5.41, 5.74) is 2.15. The van der Waals surface area contributed by atoms with Crippen LogP contribution in [-0.2, 0) is 4.74 Å². The SMILES string of the molecule is CO[C@@H]1CNCC[C@H]1NC(=O)c1[nH]c(C)c(Cl)c1C. The third-order valence-corrected chi connectivity index (χ3v) is 4.19. The van der Waals surface area contributed by atoms with Crippen LogP contribution >= 0.6 is 11.6 Å². The van der Waals surface area contributed by atoms with Crippen molar-refractivity contribution in [3.05, 3.63) is 22.0 Å². The van der Waals surface area contributed by atoms with Gasteiger partial charge in [0.25, 0.3) is 5.91 Å². The number of methoxy groups -OCH3 is 1. The van der Waals surface area contributed by atoms with E-state index in [2.05, 4.69) is 15.6 Å². The van der Waals surface area contributed by atoms with Crippen LogP contribution in [0.2, 0.25) is 5.02 Å². The molecule has 2 atom stereocenters. The van der Waals surface area contributed by atoms with Gasteiger partial charge in [0.05, 0.1) is 17.2 Å². The Kier molecular flexibility index (Phi) is 4.50. The zero-order chi connectivity index (χ0) is 14.0. The highest BCUT2D eigenvalue weighted by Gasteiger charge is 2.27. The van der Waals surface area contributed by atoms with Gasteiger partial charge in [-0.05, 0) is 32.4 Å². The molecule has 3 N–H and O–H groups in total. The summed E-state index contributed by atoms with van der Waals surface area (Å²) in [5, 5.41) is 6.90. The number of carbonyl (C=O) groups excluding carboxylic acids is 1. The molecular formula is C13H20ClN3O2. The maximum atomic E-state index is 12.3. The molecule has 0 bridgehead atoms. The van der Waals surface area contributed by atoms with Crippen LogP contribution in [0.25, 0.3) is 0 Å². The number of rotatable bonds is 3. The molecule has 1 aliphatic rings. The average molecular weight is 286 g/mol. The predicted molar refractivity (Wildman–Crippen MR) is 74.8 cm³/mol. The van der Waals surface area contributed by atoms with Crippen LogP contribution in [0.3, 0.4) is 0 Å². The van der Waals surface area contributed by atoms with Crippen molar-refractivity contribution in [3.63, 3.8) is 0 Å². The fraction of sp³-hybridized carbons (Fsp3) is 0.615. The summed E-state index contributed by atoms with van der Waals surface area (Å²) in [7, 11) is 1.66. The zero-order valence-corrected chi connectivity index (χ0v) is 12.2. The number of carbonyl (C=O) groups is 1. The lowest BCUT2D eigenvalue weighted by atomic mass is 10.0. The summed E-state index contributed by atoms with van der Waals surface area (Å²) in [6.45, 7) is 5.34. The molecule has 1 saturated heterocycles. The lowest BCUT2D eigenvalue weighted by Crippen LogP contribution is -2.53. The molecule has 1 aromatic rings. The highest BCUT2D eigenvalue weighted by Crippen LogP contribution is 2.23. The number of aryl methyl sites for hydroxylation is 1. The highest BCUT2D eigenvalue weighted by molar-refractivity contribution is 6.32. The minimum absolute atomic E-state index is 0.00420. The fourth-order valence-corrected chi connectivity index (χ4v) is 2.58. The van der Waals surface area contributed by atoms with E-state index in [9.17, 15) is 4.79 Å². The molecular weight excluding hydrogens is 266 g/mol. The fourth-order valence-electron chi connectivity index (χ4n) is 2.44. The summed E-state index contributed by atoms with van der Waals surface area (Å²) in [6, 6.07) is 0.0283. The van der Waals surface area contributed by atoms with Gasteiger partial charge >= 0.3 is 0 Å². The number of amides is 1. The number of nitrogens with one attached hydrogen (secondary N) is 3. The molecule has 19 heavy (non-hydrogen) atoms. The van der Waals surface area contributed by atoms with Gasteiger partial charge in [-0.3, -0.25) is 4.79 Å². The predicted octanol–water partition coefficient (Wildman–Crippen LogP) is 1.39. The maximum absolute atomic E-state index is 12.3. The number of ether oxygens (including phenoxy) is 1. The minimum atomic E-state index is -0.124. The molecule has 0 aromatic carbocycles. The second kappa shape index (κ2) is 5.94. The molecule has 2 heterocycles. The van der Waals surface area contributed by atoms with Gasteiger partial charge in [-0.15, -0.1) is 0 Å². The van der Waals surface area contributed by atoms with Gasteiger partial charge in [0.15, 0.2) is 0 Å². The first kappa shape index (κ1) is 14.4. The molecule has 5 nitrogen and oxygen atoms in total. The van der Waals surface area contributed by atoms with E-state index in [1.165, 1.54) is 0 Å². The van der Waals surface area contributed by atoms with Crippen LogP contribution in [0.1, 0.15) is 28.2 Å². The highest BCUT2D eigenvalue weighted by atomic mass is 35.5. The van der Waals surface area contributed by atoms with Gasteiger partial charge in [-0.25, -0.2) is 0 Å². The molecule has 1 aliphatic heterocycles. The quantitative estimate of drug-likeness (QED) is 0.786. The first-order valence-electron chi connectivity index (χ1n) is 6.43. The van der Waals surface area contributed by atoms with Gasteiger partial charge in [0, 0.05) is 19.3 Å². The molecule has 6 heteroatoms. The molecule has 106 valence electrons. The van der Waals surface area contributed by atoms with Crippen LogP contribution in [0.5, 0.6) is 0 Å². The van der Waals surface area contributed by atoms with Gasteiger partial charge in [-0.2, -0.15) is 0 Å². The Morgan fingerprint density at radius 2 is 2.21 bits per heavy atom. The topological polar surface area (TPSA) is 66.2 Å². The first-order valence-corrected chi connectivity index (χ1v) is 6.81. The van der Waals surface area contributed by atoms with Crippen molar-refractivity contribution < 1.29 is 9.53 Å². The van der Waals surface area contributed by atoms with Crippen molar-refractivity contribution in [1.29, 1.82) is 0 Å². The van der Waals surface area contributed by atoms with E-state index in [0.29, 0.717) is 10.7 Å². The summed E-state index contributed by atoms with van der Waals surface area (Å²) >= 11 is 6.10. The number of hydrogen-bond acceptors (Lipinski definition) is 3. The van der Waals surface area contributed by atoms with Crippen molar-refractivity contribution in [2.75, 3.05) is 20.2 Å². The number of halogens is 1. The van der Waals surface area contributed by atoms with Crippen LogP contribution in [0.4, 0.5) is 0 Å². The molecule has 0 spiro atoms. The summed E-state index contributed by atoms with van der Waals surface area (Å²) in [4.78, 5) is 15.3. The molecule has 0 saturated carbocycles. The smallest absolute Gasteiger partial charge is 0.268 e. The van der Waals surface area contributed by atoms with E-state index in [-0.39, 0.29) is 18.1 Å². The van der Waals surface area contributed by atoms with Crippen LogP contribution in [0.15, 0.2) is 0 Å². The lowest BCUT2D eigenvalue weighted by molar-refractivity contribution is 0.0475. The second-order valence-electron chi connectivity index (χ2n) is 4.91. The van der Waals surface area contributed by atoms with E-state index in [1.54, 1.807) is 7.11 Å². The van der Waals surface area contributed by atoms with Crippen molar-refractivity contribution >= 4 is 17.5 Å². The Morgan fingerprint density at radius 1 is 1.47 bits per heavy atom. The summed E-state index contributed by atoms with van der Waals surface area (Å²) in [5.74, 6) is -0.124. The normalized spacial score (nSPS) is 23.4. The molecule has 1 aromatic heterocycles. The molecule has 1 amide bonds. The standard InChI is InChI=1S/C13H20ClN3O2/c1-7-11(14)8(2)16-12(7)13(18)17-9-4-5-15-6-10(9)19-3/h9-10,15-16H,4-6H2,1-3H3,(H,17,18)/t9-,10-/m1/s1. The monoisotopic (exact) mass is 285 g/mol. The number of H-pyrrole nitrogens is 1. The van der Waals surface area contributed by atoms with E-state index in [4.69, 9.17) is 16.3 Å². The summed E-state index contributed by atoms with van der Waals surface area (Å²) < 4.78 is 5.39. The average Bonchev–Trinajstić information content (AvgIpc) is 2.67. The largest absolute Gasteiger partial charge is 0.378 e. The summed E-state index contributed by atoms with van der Waals surface area (Å²) in [6.07, 6.45) is 0.862. The molecule has 0 aliphatic carbocycles. The van der Waals surface area contributed by atoms with Crippen LogP contribution < -0.4 is 10.6 Å².